The van der Waals surface area contributed by atoms with Gasteiger partial charge in [-0.2, -0.15) is 5.10 Å². The number of fused-ring (bicyclic) bond motifs is 2. The molecule has 5 heterocycles. The first kappa shape index (κ1) is 33.4. The molecule has 10 nitrogen and oxygen atoms in total. The first-order valence-electron chi connectivity index (χ1n) is 15.8. The molecule has 1 unspecified atom stereocenters. The first-order chi connectivity index (χ1) is 23.4. The molecule has 4 atom stereocenters. The number of carbonyl (C=O) groups is 2. The second-order valence-electron chi connectivity index (χ2n) is 13.3. The van der Waals surface area contributed by atoms with Crippen molar-refractivity contribution >= 4 is 62.6 Å². The average molecular weight is 729 g/mol. The SMILES string of the molecule is CC(C)(C)OC(=O)N1CC[C@@H](c2ccc(-c3cc(Cl)c4cn(C(C(=O)Nc5nccs5)c5ncn6c5C[C@@H](F)C6)nc4c3Cl)cc2)[C@H](F)C1. The fraction of sp³-hybridized carbons (Fsp3) is 0.382. The zero-order valence-corrected chi connectivity index (χ0v) is 29.2. The zero-order chi connectivity index (χ0) is 34.6. The van der Waals surface area contributed by atoms with Crippen LogP contribution in [0.1, 0.15) is 56.1 Å². The molecule has 2 aliphatic heterocycles. The summed E-state index contributed by atoms with van der Waals surface area (Å²) >= 11 is 15.1. The highest BCUT2D eigenvalue weighted by molar-refractivity contribution is 7.13. The van der Waals surface area contributed by atoms with Crippen molar-refractivity contribution < 1.29 is 23.1 Å². The molecule has 7 rings (SSSR count). The standard InChI is InChI=1S/C34H33Cl2F2N7O3S/c1-34(2,3)48-33(47)43-10-8-21(25(38)16-43)18-4-6-19(7-5-18)22-13-24(35)23-15-45(42-28(23)27(22)36)30(31(46)41-32-39-9-11-49-32)29-26-12-20(37)14-44(26)17-40-29/h4-7,9,11,13,15,17,20-21,25,30H,8,10,12,14,16H2,1-3H3,(H,39,41,46)/t20-,21+,25-,30?/m1/s1. The van der Waals surface area contributed by atoms with E-state index in [0.29, 0.717) is 56.0 Å². The lowest BCUT2D eigenvalue weighted by Gasteiger charge is -2.35. The van der Waals surface area contributed by atoms with E-state index in [2.05, 4.69) is 15.3 Å². The quantitative estimate of drug-likeness (QED) is 0.191. The molecule has 256 valence electrons. The van der Waals surface area contributed by atoms with E-state index in [-0.39, 0.29) is 25.4 Å². The summed E-state index contributed by atoms with van der Waals surface area (Å²) in [5, 5.41) is 10.9. The van der Waals surface area contributed by atoms with Crippen molar-refractivity contribution in [3.05, 3.63) is 81.4 Å². The summed E-state index contributed by atoms with van der Waals surface area (Å²) in [7, 11) is 0. The van der Waals surface area contributed by atoms with Crippen molar-refractivity contribution in [1.29, 1.82) is 0 Å². The number of hydrogen-bond donors (Lipinski definition) is 1. The first-order valence-corrected chi connectivity index (χ1v) is 17.5. The van der Waals surface area contributed by atoms with Gasteiger partial charge in [0.25, 0.3) is 5.91 Å². The fourth-order valence-electron chi connectivity index (χ4n) is 6.50. The Bertz CT molecular complexity index is 2030. The van der Waals surface area contributed by atoms with E-state index in [1.807, 2.05) is 24.3 Å². The number of amides is 2. The molecule has 0 spiro atoms. The van der Waals surface area contributed by atoms with Gasteiger partial charge < -0.3 is 14.2 Å². The Morgan fingerprint density at radius 1 is 1.12 bits per heavy atom. The topological polar surface area (TPSA) is 107 Å². The van der Waals surface area contributed by atoms with Gasteiger partial charge in [-0.25, -0.2) is 23.5 Å². The minimum absolute atomic E-state index is 0.0406. The normalized spacial score (nSPS) is 20.0. The Labute approximate surface area is 295 Å². The lowest BCUT2D eigenvalue weighted by Crippen LogP contribution is -2.46. The van der Waals surface area contributed by atoms with Gasteiger partial charge in [0.05, 0.1) is 35.2 Å². The predicted octanol–water partition coefficient (Wildman–Crippen LogP) is 7.85. The number of rotatable bonds is 6. The Balaban J connectivity index is 1.17. The van der Waals surface area contributed by atoms with Gasteiger partial charge in [0.1, 0.15) is 23.5 Å². The molecule has 0 radical (unpaired) electrons. The van der Waals surface area contributed by atoms with E-state index in [0.717, 1.165) is 11.1 Å². The number of ether oxygens (including phenoxy) is 1. The number of benzene rings is 2. The number of nitrogens with one attached hydrogen (secondary N) is 1. The third-order valence-corrected chi connectivity index (χ3v) is 10.2. The Kier molecular flexibility index (Phi) is 8.87. The second-order valence-corrected chi connectivity index (χ2v) is 15.0. The maximum Gasteiger partial charge on any atom is 0.410 e. The maximum absolute atomic E-state index is 15.4. The molecule has 2 aromatic carbocycles. The van der Waals surface area contributed by atoms with Crippen LogP contribution < -0.4 is 5.32 Å². The molecule has 15 heteroatoms. The largest absolute Gasteiger partial charge is 0.444 e. The highest BCUT2D eigenvalue weighted by Crippen LogP contribution is 2.40. The van der Waals surface area contributed by atoms with Gasteiger partial charge in [-0.1, -0.05) is 47.5 Å². The number of likely N-dealkylation sites (tertiary alicyclic amines) is 1. The van der Waals surface area contributed by atoms with E-state index < -0.39 is 36.0 Å². The van der Waals surface area contributed by atoms with Gasteiger partial charge in [-0.3, -0.25) is 14.8 Å². The molecule has 0 aliphatic carbocycles. The summed E-state index contributed by atoms with van der Waals surface area (Å²) in [6.45, 7) is 5.87. The number of piperidine rings is 1. The fourth-order valence-corrected chi connectivity index (χ4v) is 7.58. The summed E-state index contributed by atoms with van der Waals surface area (Å²) in [5.74, 6) is -0.827. The summed E-state index contributed by atoms with van der Waals surface area (Å²) in [6, 6.07) is 8.11. The lowest BCUT2D eigenvalue weighted by molar-refractivity contribution is -0.118. The number of nitrogens with zero attached hydrogens (tertiary/aromatic N) is 6. The van der Waals surface area contributed by atoms with Crippen molar-refractivity contribution in [2.24, 2.45) is 0 Å². The molecule has 1 fully saturated rings. The predicted molar refractivity (Wildman–Crippen MR) is 185 cm³/mol. The summed E-state index contributed by atoms with van der Waals surface area (Å²) in [5.41, 5.74) is 2.89. The number of anilines is 1. The highest BCUT2D eigenvalue weighted by atomic mass is 35.5. The van der Waals surface area contributed by atoms with Crippen LogP contribution in [0.5, 0.6) is 0 Å². The van der Waals surface area contributed by atoms with Gasteiger partial charge in [0.2, 0.25) is 0 Å². The van der Waals surface area contributed by atoms with E-state index in [4.69, 9.17) is 33.0 Å². The molecule has 1 saturated heterocycles. The number of thiazole rings is 1. The average Bonchev–Trinajstić information content (AvgIpc) is 3.85. The number of alkyl halides is 2. The molecule has 0 bridgehead atoms. The second kappa shape index (κ2) is 13.0. The van der Waals surface area contributed by atoms with Crippen LogP contribution >= 0.6 is 34.5 Å². The molecule has 0 saturated carbocycles. The number of hydrogen-bond acceptors (Lipinski definition) is 7. The smallest absolute Gasteiger partial charge is 0.410 e. The van der Waals surface area contributed by atoms with Crippen molar-refractivity contribution in [3.63, 3.8) is 0 Å². The lowest BCUT2D eigenvalue weighted by atomic mass is 9.87. The molecule has 3 aromatic heterocycles. The third kappa shape index (κ3) is 6.63. The third-order valence-electron chi connectivity index (χ3n) is 8.77. The molecule has 49 heavy (non-hydrogen) atoms. The van der Waals surface area contributed by atoms with Crippen LogP contribution in [-0.2, 0) is 22.5 Å². The van der Waals surface area contributed by atoms with Crippen LogP contribution in [0.25, 0.3) is 22.0 Å². The number of carbonyl (C=O) groups excluding carboxylic acids is 2. The van der Waals surface area contributed by atoms with Crippen LogP contribution in [-0.4, -0.2) is 72.2 Å². The van der Waals surface area contributed by atoms with Crippen LogP contribution in [0.15, 0.2) is 54.4 Å². The van der Waals surface area contributed by atoms with Crippen molar-refractivity contribution in [2.75, 3.05) is 18.4 Å². The van der Waals surface area contributed by atoms with Gasteiger partial charge in [0, 0.05) is 53.3 Å². The zero-order valence-electron chi connectivity index (χ0n) is 26.9. The Morgan fingerprint density at radius 2 is 1.90 bits per heavy atom. The highest BCUT2D eigenvalue weighted by Gasteiger charge is 2.36. The molecular weight excluding hydrogens is 695 g/mol. The van der Waals surface area contributed by atoms with Crippen molar-refractivity contribution in [3.8, 4) is 11.1 Å². The van der Waals surface area contributed by atoms with E-state index in [9.17, 15) is 14.0 Å². The summed E-state index contributed by atoms with van der Waals surface area (Å²) in [4.78, 5) is 36.3. The van der Waals surface area contributed by atoms with E-state index in [1.165, 1.54) is 27.2 Å². The minimum atomic E-state index is -1.25. The molecule has 2 amide bonds. The number of imidazole rings is 1. The van der Waals surface area contributed by atoms with Crippen molar-refractivity contribution in [1.82, 2.24) is 29.2 Å². The Morgan fingerprint density at radius 3 is 2.59 bits per heavy atom. The molecule has 2 aliphatic rings. The molecule has 1 N–H and O–H groups in total. The summed E-state index contributed by atoms with van der Waals surface area (Å²) < 4.78 is 38.3. The van der Waals surface area contributed by atoms with Gasteiger partial charge in [-0.15, -0.1) is 11.3 Å². The minimum Gasteiger partial charge on any atom is -0.444 e. The molecule has 5 aromatic rings. The number of aromatic nitrogens is 5. The monoisotopic (exact) mass is 727 g/mol. The van der Waals surface area contributed by atoms with Gasteiger partial charge in [-0.05, 0) is 44.4 Å². The van der Waals surface area contributed by atoms with Crippen LogP contribution in [0.3, 0.4) is 0 Å². The van der Waals surface area contributed by atoms with Crippen LogP contribution in [0, 0.1) is 0 Å². The van der Waals surface area contributed by atoms with E-state index >= 15 is 4.39 Å². The maximum atomic E-state index is 15.4. The van der Waals surface area contributed by atoms with E-state index in [1.54, 1.807) is 49.2 Å². The van der Waals surface area contributed by atoms with Gasteiger partial charge in [0.15, 0.2) is 11.2 Å². The summed E-state index contributed by atoms with van der Waals surface area (Å²) in [6.07, 6.45) is 2.51. The molecular formula is C34H33Cl2F2N7O3S. The van der Waals surface area contributed by atoms with Crippen LogP contribution in [0.2, 0.25) is 10.0 Å². The van der Waals surface area contributed by atoms with Crippen LogP contribution in [0.4, 0.5) is 18.7 Å². The Hall–Kier alpha value is -4.07. The van der Waals surface area contributed by atoms with Crippen molar-refractivity contribution in [2.45, 2.75) is 70.1 Å². The van der Waals surface area contributed by atoms with Gasteiger partial charge >= 0.3 is 6.09 Å². The number of halogens is 4.